The Labute approximate surface area is 183 Å². The molecular weight excluding hydrogens is 422 g/mol. The van der Waals surface area contributed by atoms with E-state index in [-0.39, 0.29) is 10.9 Å². The van der Waals surface area contributed by atoms with Crippen molar-refractivity contribution >= 4 is 33.2 Å². The predicted molar refractivity (Wildman–Crippen MR) is 121 cm³/mol. The number of sulfonamides is 1. The smallest absolute Gasteiger partial charge is 0.253 e. The molecule has 6 nitrogen and oxygen atoms in total. The second kappa shape index (κ2) is 9.81. The van der Waals surface area contributed by atoms with Crippen LogP contribution < -0.4 is 9.62 Å². The summed E-state index contributed by atoms with van der Waals surface area (Å²) in [5.74, 6) is -0.300. The van der Waals surface area contributed by atoms with E-state index in [2.05, 4.69) is 22.3 Å². The summed E-state index contributed by atoms with van der Waals surface area (Å²) in [6, 6.07) is 12.9. The number of rotatable bonds is 7. The fourth-order valence-electron chi connectivity index (χ4n) is 3.49. The lowest BCUT2D eigenvalue weighted by molar-refractivity contribution is 0.0951. The summed E-state index contributed by atoms with van der Waals surface area (Å²) in [6.45, 7) is 3.69. The third-order valence-corrected chi connectivity index (χ3v) is 6.91. The van der Waals surface area contributed by atoms with Crippen LogP contribution in [0.5, 0.6) is 0 Å². The molecule has 162 valence electrons. The van der Waals surface area contributed by atoms with Crippen molar-refractivity contribution in [3.63, 3.8) is 0 Å². The number of piperidine rings is 1. The summed E-state index contributed by atoms with van der Waals surface area (Å²) in [5, 5.41) is 3.08. The minimum absolute atomic E-state index is 0.206. The van der Waals surface area contributed by atoms with E-state index >= 15 is 0 Å². The van der Waals surface area contributed by atoms with Gasteiger partial charge in [0.05, 0.1) is 22.5 Å². The van der Waals surface area contributed by atoms with Crippen molar-refractivity contribution in [2.75, 3.05) is 30.7 Å². The molecule has 0 spiro atoms. The van der Waals surface area contributed by atoms with Crippen LogP contribution in [0.3, 0.4) is 0 Å². The predicted octanol–water partition coefficient (Wildman–Crippen LogP) is 3.65. The number of likely N-dealkylation sites (tertiary alicyclic amines) is 1. The first kappa shape index (κ1) is 22.6. The molecule has 3 rings (SSSR count). The Kier molecular flexibility index (Phi) is 7.39. The highest BCUT2D eigenvalue weighted by Gasteiger charge is 2.16. The first-order valence-electron chi connectivity index (χ1n) is 10.1. The molecule has 0 aliphatic carbocycles. The quantitative estimate of drug-likeness (QED) is 0.700. The number of nitrogens with zero attached hydrogens (tertiary/aromatic N) is 2. The van der Waals surface area contributed by atoms with E-state index in [0.29, 0.717) is 17.8 Å². The molecule has 1 heterocycles. The van der Waals surface area contributed by atoms with Gasteiger partial charge in [-0.2, -0.15) is 0 Å². The molecule has 0 bridgehead atoms. The summed E-state index contributed by atoms with van der Waals surface area (Å²) in [5.41, 5.74) is 3.00. The minimum Gasteiger partial charge on any atom is -0.348 e. The lowest BCUT2D eigenvalue weighted by Gasteiger charge is -2.26. The number of anilines is 1. The third kappa shape index (κ3) is 5.97. The molecule has 1 aliphatic heterocycles. The Morgan fingerprint density at radius 1 is 1.07 bits per heavy atom. The molecule has 2 aromatic carbocycles. The number of hydrogen-bond donors (Lipinski definition) is 1. The summed E-state index contributed by atoms with van der Waals surface area (Å²) in [4.78, 5) is 15.0. The lowest BCUT2D eigenvalue weighted by Crippen LogP contribution is -2.29. The normalized spacial score (nSPS) is 15.0. The zero-order valence-corrected chi connectivity index (χ0v) is 19.0. The summed E-state index contributed by atoms with van der Waals surface area (Å²) >= 11 is 6.23. The highest BCUT2D eigenvalue weighted by molar-refractivity contribution is 7.92. The van der Waals surface area contributed by atoms with Gasteiger partial charge in [0, 0.05) is 20.1 Å². The van der Waals surface area contributed by atoms with Crippen LogP contribution in [0.4, 0.5) is 5.69 Å². The van der Waals surface area contributed by atoms with Crippen molar-refractivity contribution in [2.45, 2.75) is 32.4 Å². The molecule has 8 heteroatoms. The number of amides is 1. The second-order valence-electron chi connectivity index (χ2n) is 7.73. The molecule has 1 saturated heterocycles. The van der Waals surface area contributed by atoms with Crippen LogP contribution in [0.2, 0.25) is 5.02 Å². The number of hydrogen-bond acceptors (Lipinski definition) is 4. The van der Waals surface area contributed by atoms with Gasteiger partial charge < -0.3 is 5.32 Å². The zero-order chi connectivity index (χ0) is 21.7. The molecule has 1 N–H and O–H groups in total. The fraction of sp³-hybridized carbons (Fsp3) is 0.409. The Balaban J connectivity index is 1.57. The van der Waals surface area contributed by atoms with Gasteiger partial charge in [0.15, 0.2) is 0 Å². The van der Waals surface area contributed by atoms with Crippen molar-refractivity contribution in [2.24, 2.45) is 0 Å². The highest BCUT2D eigenvalue weighted by Crippen LogP contribution is 2.24. The maximum Gasteiger partial charge on any atom is 0.253 e. The number of carbonyl (C=O) groups excluding carboxylic acids is 1. The van der Waals surface area contributed by atoms with E-state index < -0.39 is 10.0 Å². The van der Waals surface area contributed by atoms with Crippen LogP contribution >= 0.6 is 11.6 Å². The monoisotopic (exact) mass is 449 g/mol. The summed E-state index contributed by atoms with van der Waals surface area (Å²) in [7, 11) is -1.95. The molecule has 0 atom stereocenters. The third-order valence-electron chi connectivity index (χ3n) is 5.39. The summed E-state index contributed by atoms with van der Waals surface area (Å²) in [6.07, 6.45) is 4.99. The standard InChI is InChI=1S/C22H28ClN3O3S/c1-25(30(2,28)29)19-10-11-20(21(23)14-19)22(27)24-15-17-6-8-18(9-7-17)16-26-12-4-3-5-13-26/h6-11,14H,3-5,12-13,15-16H2,1-2H3,(H,24,27). The van der Waals surface area contributed by atoms with Gasteiger partial charge in [-0.25, -0.2) is 8.42 Å². The molecule has 1 amide bonds. The van der Waals surface area contributed by atoms with Crippen molar-refractivity contribution in [3.8, 4) is 0 Å². The largest absolute Gasteiger partial charge is 0.348 e. The minimum atomic E-state index is -3.39. The first-order valence-corrected chi connectivity index (χ1v) is 12.3. The SMILES string of the molecule is CN(c1ccc(C(=O)NCc2ccc(CN3CCCCC3)cc2)c(Cl)c1)S(C)(=O)=O. The van der Waals surface area contributed by atoms with Crippen LogP contribution in [0.1, 0.15) is 40.7 Å². The van der Waals surface area contributed by atoms with E-state index in [1.165, 1.54) is 44.0 Å². The van der Waals surface area contributed by atoms with Gasteiger partial charge in [-0.05, 0) is 55.3 Å². The number of nitrogens with one attached hydrogen (secondary N) is 1. The van der Waals surface area contributed by atoms with Crippen LogP contribution in [0.15, 0.2) is 42.5 Å². The van der Waals surface area contributed by atoms with Gasteiger partial charge in [-0.15, -0.1) is 0 Å². The van der Waals surface area contributed by atoms with E-state index in [1.807, 2.05) is 12.1 Å². The van der Waals surface area contributed by atoms with Crippen molar-refractivity contribution < 1.29 is 13.2 Å². The molecule has 0 radical (unpaired) electrons. The van der Waals surface area contributed by atoms with Crippen LogP contribution in [-0.2, 0) is 23.1 Å². The molecule has 0 saturated carbocycles. The van der Waals surface area contributed by atoms with Gasteiger partial charge in [-0.1, -0.05) is 42.3 Å². The Bertz CT molecular complexity index is 987. The zero-order valence-electron chi connectivity index (χ0n) is 17.4. The van der Waals surface area contributed by atoms with Crippen LogP contribution in [0.25, 0.3) is 0 Å². The Morgan fingerprint density at radius 3 is 2.30 bits per heavy atom. The van der Waals surface area contributed by atoms with Gasteiger partial charge in [0.2, 0.25) is 10.0 Å². The molecule has 0 aromatic heterocycles. The van der Waals surface area contributed by atoms with E-state index in [4.69, 9.17) is 11.6 Å². The first-order chi connectivity index (χ1) is 14.2. The number of halogens is 1. The van der Waals surface area contributed by atoms with E-state index in [9.17, 15) is 13.2 Å². The van der Waals surface area contributed by atoms with Crippen molar-refractivity contribution in [1.29, 1.82) is 0 Å². The van der Waals surface area contributed by atoms with Crippen molar-refractivity contribution in [1.82, 2.24) is 10.2 Å². The molecule has 1 aliphatic rings. The average molecular weight is 450 g/mol. The average Bonchev–Trinajstić information content (AvgIpc) is 2.72. The second-order valence-corrected chi connectivity index (χ2v) is 10.2. The van der Waals surface area contributed by atoms with Gasteiger partial charge in [0.1, 0.15) is 0 Å². The highest BCUT2D eigenvalue weighted by atomic mass is 35.5. The van der Waals surface area contributed by atoms with Gasteiger partial charge >= 0.3 is 0 Å². The fourth-order valence-corrected chi connectivity index (χ4v) is 4.25. The Hall–Kier alpha value is -2.09. The number of carbonyl (C=O) groups is 1. The maximum absolute atomic E-state index is 12.5. The lowest BCUT2D eigenvalue weighted by atomic mass is 10.1. The van der Waals surface area contributed by atoms with Crippen molar-refractivity contribution in [3.05, 3.63) is 64.2 Å². The molecule has 30 heavy (non-hydrogen) atoms. The molecular formula is C22H28ClN3O3S. The topological polar surface area (TPSA) is 69.7 Å². The van der Waals surface area contributed by atoms with Gasteiger partial charge in [-0.3, -0.25) is 14.0 Å². The summed E-state index contributed by atoms with van der Waals surface area (Å²) < 4.78 is 24.4. The Morgan fingerprint density at radius 2 is 1.70 bits per heavy atom. The molecule has 1 fully saturated rings. The molecule has 2 aromatic rings. The van der Waals surface area contributed by atoms with Gasteiger partial charge in [0.25, 0.3) is 5.91 Å². The van der Waals surface area contributed by atoms with Crippen LogP contribution in [0, 0.1) is 0 Å². The van der Waals surface area contributed by atoms with Crippen LogP contribution in [-0.4, -0.2) is 45.6 Å². The number of benzene rings is 2. The van der Waals surface area contributed by atoms with E-state index in [1.54, 1.807) is 6.07 Å². The van der Waals surface area contributed by atoms with E-state index in [0.717, 1.165) is 35.8 Å². The maximum atomic E-state index is 12.5. The molecule has 0 unspecified atom stereocenters.